The van der Waals surface area contributed by atoms with E-state index in [1.807, 2.05) is 38.1 Å². The molecule has 4 rings (SSSR count). The summed E-state index contributed by atoms with van der Waals surface area (Å²) in [7, 11) is 1.62. The summed E-state index contributed by atoms with van der Waals surface area (Å²) in [6.45, 7) is 4.19. The van der Waals surface area contributed by atoms with E-state index in [0.29, 0.717) is 40.3 Å². The first-order chi connectivity index (χ1) is 17.3. The second-order valence-corrected chi connectivity index (χ2v) is 9.94. The molecule has 0 fully saturated rings. The Morgan fingerprint density at radius 1 is 1.19 bits per heavy atom. The minimum Gasteiger partial charge on any atom is -0.497 e. The zero-order valence-corrected chi connectivity index (χ0v) is 21.8. The number of ether oxygens (including phenoxy) is 2. The average molecular weight is 527 g/mol. The molecule has 2 amide bonds. The summed E-state index contributed by atoms with van der Waals surface area (Å²) in [5.41, 5.74) is 1.03. The molecule has 0 aliphatic carbocycles. The normalized spacial score (nSPS) is 14.1. The predicted octanol–water partition coefficient (Wildman–Crippen LogP) is 4.95. The lowest BCUT2D eigenvalue weighted by Crippen LogP contribution is -2.46. The first-order valence-electron chi connectivity index (χ1n) is 11.5. The van der Waals surface area contributed by atoms with E-state index in [4.69, 9.17) is 21.1 Å². The molecule has 8 nitrogen and oxygen atoms in total. The number of nitrogens with zero attached hydrogens (tertiary/aromatic N) is 3. The molecule has 1 aromatic heterocycles. The smallest absolute Gasteiger partial charge is 0.251 e. The fourth-order valence-corrected chi connectivity index (χ4v) is 4.58. The van der Waals surface area contributed by atoms with E-state index < -0.39 is 6.04 Å². The molecule has 1 atom stereocenters. The Kier molecular flexibility index (Phi) is 8.22. The molecule has 2 heterocycles. The molecule has 3 aromatic rings. The minimum absolute atomic E-state index is 0.174. The van der Waals surface area contributed by atoms with Gasteiger partial charge in [0, 0.05) is 24.0 Å². The van der Waals surface area contributed by atoms with Crippen molar-refractivity contribution in [3.8, 4) is 11.5 Å². The van der Waals surface area contributed by atoms with Gasteiger partial charge in [0.2, 0.25) is 11.0 Å². The van der Waals surface area contributed by atoms with Crippen LogP contribution in [0.5, 0.6) is 11.5 Å². The minimum atomic E-state index is -0.685. The van der Waals surface area contributed by atoms with Crippen molar-refractivity contribution >= 4 is 40.1 Å². The number of methoxy groups -OCH3 is 1. The van der Waals surface area contributed by atoms with Gasteiger partial charge in [-0.2, -0.15) is 4.37 Å². The number of nitrogens with one attached hydrogen (secondary N) is 1. The summed E-state index contributed by atoms with van der Waals surface area (Å²) >= 11 is 7.30. The SMILES string of the molecule is COc1ccc(Cc2nsc(NC(=O)[C@H](CC(C)C)N3CC(Oc4ccccc4Cl)=CC3=O)n2)cc1. The van der Waals surface area contributed by atoms with Gasteiger partial charge in [0.05, 0.1) is 18.7 Å². The topological polar surface area (TPSA) is 93.6 Å². The van der Waals surface area contributed by atoms with Gasteiger partial charge in [-0.1, -0.05) is 49.7 Å². The van der Waals surface area contributed by atoms with Gasteiger partial charge in [0.15, 0.2) is 0 Å². The van der Waals surface area contributed by atoms with Gasteiger partial charge in [-0.3, -0.25) is 14.9 Å². The van der Waals surface area contributed by atoms with E-state index in [1.54, 1.807) is 31.4 Å². The summed E-state index contributed by atoms with van der Waals surface area (Å²) in [5, 5.41) is 3.69. The van der Waals surface area contributed by atoms with Gasteiger partial charge >= 0.3 is 0 Å². The van der Waals surface area contributed by atoms with E-state index in [-0.39, 0.29) is 24.3 Å². The summed E-state index contributed by atoms with van der Waals surface area (Å²) in [5.74, 6) is 1.88. The van der Waals surface area contributed by atoms with Crippen LogP contribution in [0.25, 0.3) is 0 Å². The van der Waals surface area contributed by atoms with E-state index in [9.17, 15) is 9.59 Å². The first kappa shape index (κ1) is 25.7. The molecule has 1 N–H and O–H groups in total. The lowest BCUT2D eigenvalue weighted by molar-refractivity contribution is -0.133. The van der Waals surface area contributed by atoms with Gasteiger partial charge < -0.3 is 14.4 Å². The molecule has 1 aliphatic heterocycles. The number of aromatic nitrogens is 2. The van der Waals surface area contributed by atoms with Gasteiger partial charge in [-0.25, -0.2) is 4.98 Å². The highest BCUT2D eigenvalue weighted by atomic mass is 35.5. The molecular weight excluding hydrogens is 500 g/mol. The maximum Gasteiger partial charge on any atom is 0.251 e. The van der Waals surface area contributed by atoms with Crippen molar-refractivity contribution in [2.45, 2.75) is 32.7 Å². The molecule has 2 aromatic carbocycles. The Balaban J connectivity index is 1.41. The molecule has 0 bridgehead atoms. The van der Waals surface area contributed by atoms with Crippen LogP contribution in [0.15, 0.2) is 60.4 Å². The molecule has 0 radical (unpaired) electrons. The predicted molar refractivity (Wildman–Crippen MR) is 139 cm³/mol. The van der Waals surface area contributed by atoms with E-state index >= 15 is 0 Å². The third-order valence-corrected chi connectivity index (χ3v) is 6.55. The van der Waals surface area contributed by atoms with E-state index in [0.717, 1.165) is 22.8 Å². The molecule has 0 saturated carbocycles. The quantitative estimate of drug-likeness (QED) is 0.402. The number of anilines is 1. The number of amides is 2. The van der Waals surface area contributed by atoms with Crippen LogP contribution >= 0.6 is 23.1 Å². The second-order valence-electron chi connectivity index (χ2n) is 8.78. The summed E-state index contributed by atoms with van der Waals surface area (Å²) in [6, 6.07) is 14.0. The van der Waals surface area contributed by atoms with Crippen LogP contribution in [-0.4, -0.2) is 45.8 Å². The largest absolute Gasteiger partial charge is 0.497 e. The van der Waals surface area contributed by atoms with E-state index in [2.05, 4.69) is 14.7 Å². The number of hydrogen-bond donors (Lipinski definition) is 1. The highest BCUT2D eigenvalue weighted by Gasteiger charge is 2.35. The lowest BCUT2D eigenvalue weighted by Gasteiger charge is -2.28. The number of benzene rings is 2. The van der Waals surface area contributed by atoms with Crippen LogP contribution in [0.2, 0.25) is 5.02 Å². The molecule has 0 spiro atoms. The van der Waals surface area contributed by atoms with Crippen LogP contribution < -0.4 is 14.8 Å². The zero-order chi connectivity index (χ0) is 25.7. The maximum absolute atomic E-state index is 13.3. The number of halogens is 1. The first-order valence-corrected chi connectivity index (χ1v) is 12.7. The van der Waals surface area contributed by atoms with Crippen LogP contribution in [0.1, 0.15) is 31.7 Å². The molecule has 0 saturated heterocycles. The van der Waals surface area contributed by atoms with Gasteiger partial charge in [0.25, 0.3) is 5.91 Å². The molecular formula is C26H27ClN4O4S. The highest BCUT2D eigenvalue weighted by molar-refractivity contribution is 7.09. The Labute approximate surface area is 219 Å². The fraction of sp³-hybridized carbons (Fsp3) is 0.308. The number of rotatable bonds is 10. The number of carbonyl (C=O) groups excluding carboxylic acids is 2. The maximum atomic E-state index is 13.3. The Morgan fingerprint density at radius 3 is 2.64 bits per heavy atom. The Hall–Kier alpha value is -3.43. The van der Waals surface area contributed by atoms with Crippen LogP contribution in [0, 0.1) is 5.92 Å². The second kappa shape index (κ2) is 11.5. The Bertz CT molecular complexity index is 1260. The standard InChI is InChI=1S/C26H27ClN4O4S/c1-16(2)12-21(31-15-19(14-24(31)32)35-22-7-5-4-6-20(22)27)25(33)29-26-28-23(30-36-26)13-17-8-10-18(34-3)11-9-17/h4-11,14,16,21H,12-13,15H2,1-3H3,(H,28,29,30,33)/t21-/m0/s1. The Morgan fingerprint density at radius 2 is 1.94 bits per heavy atom. The molecule has 188 valence electrons. The number of hydrogen-bond acceptors (Lipinski definition) is 7. The van der Waals surface area contributed by atoms with Crippen molar-refractivity contribution in [3.63, 3.8) is 0 Å². The van der Waals surface area contributed by atoms with Gasteiger partial charge in [-0.05, 0) is 42.2 Å². The summed E-state index contributed by atoms with van der Waals surface area (Å²) < 4.78 is 15.4. The van der Waals surface area contributed by atoms with Gasteiger partial charge in [-0.15, -0.1) is 0 Å². The molecule has 1 aliphatic rings. The summed E-state index contributed by atoms with van der Waals surface area (Å²) in [4.78, 5) is 32.1. The monoisotopic (exact) mass is 526 g/mol. The average Bonchev–Trinajstić information content (AvgIpc) is 3.44. The van der Waals surface area contributed by atoms with Crippen LogP contribution in [0.4, 0.5) is 5.13 Å². The van der Waals surface area contributed by atoms with Crippen molar-refractivity contribution in [1.29, 1.82) is 0 Å². The van der Waals surface area contributed by atoms with Crippen molar-refractivity contribution in [1.82, 2.24) is 14.3 Å². The van der Waals surface area contributed by atoms with Crippen LogP contribution in [-0.2, 0) is 16.0 Å². The third kappa shape index (κ3) is 6.41. The fourth-order valence-electron chi connectivity index (χ4n) is 3.82. The number of para-hydroxylation sites is 1. The zero-order valence-electron chi connectivity index (χ0n) is 20.2. The van der Waals surface area contributed by atoms with Crippen molar-refractivity contribution in [3.05, 3.63) is 76.8 Å². The molecule has 36 heavy (non-hydrogen) atoms. The van der Waals surface area contributed by atoms with Crippen LogP contribution in [0.3, 0.4) is 0 Å². The van der Waals surface area contributed by atoms with Crippen molar-refractivity contribution in [2.75, 3.05) is 19.0 Å². The highest BCUT2D eigenvalue weighted by Crippen LogP contribution is 2.28. The lowest BCUT2D eigenvalue weighted by atomic mass is 10.0. The summed E-state index contributed by atoms with van der Waals surface area (Å²) in [6.07, 6.45) is 2.42. The van der Waals surface area contributed by atoms with Crippen molar-refractivity contribution in [2.24, 2.45) is 5.92 Å². The van der Waals surface area contributed by atoms with Crippen molar-refractivity contribution < 1.29 is 19.1 Å². The number of carbonyl (C=O) groups is 2. The van der Waals surface area contributed by atoms with E-state index in [1.165, 1.54) is 11.0 Å². The molecule has 0 unspecified atom stereocenters. The third-order valence-electron chi connectivity index (χ3n) is 5.56. The van der Waals surface area contributed by atoms with Gasteiger partial charge in [0.1, 0.15) is 29.1 Å². The molecule has 10 heteroatoms.